The first-order chi connectivity index (χ1) is 9.72. The molecule has 0 unspecified atom stereocenters. The molecule has 0 radical (unpaired) electrons. The number of Topliss-reactive ketones (excluding diaryl/α,β-unsaturated/α-hetero) is 1. The van der Waals surface area contributed by atoms with E-state index in [0.29, 0.717) is 5.01 Å². The Morgan fingerprint density at radius 3 is 2.95 bits per heavy atom. The molecule has 0 bridgehead atoms. The van der Waals surface area contributed by atoms with E-state index >= 15 is 0 Å². The second kappa shape index (κ2) is 5.56. The van der Waals surface area contributed by atoms with Gasteiger partial charge in [-0.2, -0.15) is 11.3 Å². The molecule has 0 fully saturated rings. The third-order valence-corrected chi connectivity index (χ3v) is 4.60. The molecule has 1 N–H and O–H groups in total. The average Bonchev–Trinajstić information content (AvgIpc) is 3.10. The Bertz CT molecular complexity index is 732. The fourth-order valence-electron chi connectivity index (χ4n) is 1.87. The molecule has 0 aliphatic carbocycles. The highest BCUT2D eigenvalue weighted by Gasteiger charge is 2.13. The second-order valence-corrected chi connectivity index (χ2v) is 6.12. The van der Waals surface area contributed by atoms with Crippen molar-refractivity contribution in [2.75, 3.05) is 0 Å². The van der Waals surface area contributed by atoms with Crippen molar-refractivity contribution < 1.29 is 9.90 Å². The zero-order chi connectivity index (χ0) is 13.9. The average molecular weight is 301 g/mol. The van der Waals surface area contributed by atoms with Gasteiger partial charge >= 0.3 is 0 Å². The van der Waals surface area contributed by atoms with Crippen LogP contribution in [-0.2, 0) is 6.42 Å². The Kier molecular flexibility index (Phi) is 3.62. The van der Waals surface area contributed by atoms with Crippen LogP contribution in [0.4, 0.5) is 0 Å². The summed E-state index contributed by atoms with van der Waals surface area (Å²) in [5, 5.41) is 14.0. The molecule has 0 saturated carbocycles. The number of aromatic hydroxyl groups is 1. The fourth-order valence-corrected chi connectivity index (χ4v) is 3.45. The van der Waals surface area contributed by atoms with E-state index < -0.39 is 0 Å². The van der Waals surface area contributed by atoms with E-state index in [-0.39, 0.29) is 18.0 Å². The van der Waals surface area contributed by atoms with Crippen LogP contribution in [-0.4, -0.2) is 15.9 Å². The third-order valence-electron chi connectivity index (χ3n) is 2.83. The highest BCUT2D eigenvalue weighted by molar-refractivity contribution is 7.17. The van der Waals surface area contributed by atoms with Crippen molar-refractivity contribution in [3.8, 4) is 16.2 Å². The van der Waals surface area contributed by atoms with Crippen LogP contribution in [0.25, 0.3) is 10.4 Å². The predicted octanol–water partition coefficient (Wildman–Crippen LogP) is 4.00. The summed E-state index contributed by atoms with van der Waals surface area (Å²) in [7, 11) is 0. The van der Waals surface area contributed by atoms with Gasteiger partial charge in [-0.05, 0) is 34.5 Å². The standard InChI is InChI=1S/C15H11NO2S2/c17-12-3-1-2-10(6-12)7-13(18)15-16-8-14(20-15)11-4-5-19-9-11/h1-6,8-9,17H,7H2. The summed E-state index contributed by atoms with van der Waals surface area (Å²) < 4.78 is 0. The number of carbonyl (C=O) groups is 1. The number of carbonyl (C=O) groups excluding carboxylic acids is 1. The van der Waals surface area contributed by atoms with Crippen LogP contribution in [0.15, 0.2) is 47.3 Å². The molecule has 0 atom stereocenters. The lowest BCUT2D eigenvalue weighted by Crippen LogP contribution is -2.02. The van der Waals surface area contributed by atoms with Crippen LogP contribution in [0.5, 0.6) is 5.75 Å². The lowest BCUT2D eigenvalue weighted by molar-refractivity contribution is 0.0992. The molecule has 5 heteroatoms. The van der Waals surface area contributed by atoms with E-state index in [0.717, 1.165) is 16.0 Å². The van der Waals surface area contributed by atoms with Gasteiger partial charge < -0.3 is 5.11 Å². The summed E-state index contributed by atoms with van der Waals surface area (Å²) in [6.07, 6.45) is 1.99. The number of ketones is 1. The number of phenols is 1. The first-order valence-corrected chi connectivity index (χ1v) is 7.78. The predicted molar refractivity (Wildman–Crippen MR) is 81.6 cm³/mol. The van der Waals surface area contributed by atoms with Gasteiger partial charge in [-0.3, -0.25) is 4.79 Å². The Morgan fingerprint density at radius 1 is 1.30 bits per heavy atom. The molecule has 0 spiro atoms. The zero-order valence-electron chi connectivity index (χ0n) is 10.4. The van der Waals surface area contributed by atoms with Crippen molar-refractivity contribution in [3.63, 3.8) is 0 Å². The van der Waals surface area contributed by atoms with Crippen LogP contribution >= 0.6 is 22.7 Å². The van der Waals surface area contributed by atoms with Crippen molar-refractivity contribution in [1.29, 1.82) is 0 Å². The van der Waals surface area contributed by atoms with Crippen molar-refractivity contribution in [1.82, 2.24) is 4.98 Å². The minimum Gasteiger partial charge on any atom is -0.508 e. The topological polar surface area (TPSA) is 50.2 Å². The Hall–Kier alpha value is -1.98. The maximum absolute atomic E-state index is 12.2. The molecular weight excluding hydrogens is 290 g/mol. The molecule has 0 amide bonds. The largest absolute Gasteiger partial charge is 0.508 e. The van der Waals surface area contributed by atoms with Gasteiger partial charge in [0, 0.05) is 18.2 Å². The molecular formula is C15H11NO2S2. The Morgan fingerprint density at radius 2 is 2.20 bits per heavy atom. The summed E-state index contributed by atoms with van der Waals surface area (Å²) in [6.45, 7) is 0. The minimum atomic E-state index is -0.0259. The molecule has 3 aromatic rings. The molecule has 2 heterocycles. The smallest absolute Gasteiger partial charge is 0.195 e. The highest BCUT2D eigenvalue weighted by atomic mass is 32.1. The monoisotopic (exact) mass is 301 g/mol. The van der Waals surface area contributed by atoms with Crippen LogP contribution in [0, 0.1) is 0 Å². The number of rotatable bonds is 4. The molecule has 2 aromatic heterocycles. The maximum atomic E-state index is 12.2. The summed E-state index contributed by atoms with van der Waals surface area (Å²) in [5.74, 6) is 0.149. The molecule has 0 aliphatic heterocycles. The van der Waals surface area contributed by atoms with Gasteiger partial charge in [-0.1, -0.05) is 12.1 Å². The van der Waals surface area contributed by atoms with Crippen molar-refractivity contribution in [2.45, 2.75) is 6.42 Å². The van der Waals surface area contributed by atoms with Gasteiger partial charge in [0.05, 0.1) is 4.88 Å². The second-order valence-electron chi connectivity index (χ2n) is 4.31. The van der Waals surface area contributed by atoms with E-state index in [1.807, 2.05) is 22.9 Å². The van der Waals surface area contributed by atoms with E-state index in [1.54, 1.807) is 35.7 Å². The zero-order valence-corrected chi connectivity index (χ0v) is 12.1. The van der Waals surface area contributed by atoms with Crippen LogP contribution in [0.3, 0.4) is 0 Å². The van der Waals surface area contributed by atoms with E-state index in [2.05, 4.69) is 4.98 Å². The van der Waals surface area contributed by atoms with Crippen molar-refractivity contribution in [2.24, 2.45) is 0 Å². The number of benzene rings is 1. The van der Waals surface area contributed by atoms with Crippen molar-refractivity contribution in [3.05, 3.63) is 57.9 Å². The van der Waals surface area contributed by atoms with E-state index in [4.69, 9.17) is 0 Å². The lowest BCUT2D eigenvalue weighted by atomic mass is 10.1. The van der Waals surface area contributed by atoms with Crippen LogP contribution in [0.2, 0.25) is 0 Å². The van der Waals surface area contributed by atoms with E-state index in [9.17, 15) is 9.90 Å². The number of aromatic nitrogens is 1. The third kappa shape index (κ3) is 2.79. The van der Waals surface area contributed by atoms with Gasteiger partial charge in [-0.25, -0.2) is 4.98 Å². The summed E-state index contributed by atoms with van der Waals surface area (Å²) in [6, 6.07) is 8.76. The molecule has 20 heavy (non-hydrogen) atoms. The normalized spacial score (nSPS) is 10.6. The minimum absolute atomic E-state index is 0.0259. The quantitative estimate of drug-likeness (QED) is 0.741. The van der Waals surface area contributed by atoms with Gasteiger partial charge in [0.25, 0.3) is 0 Å². The molecule has 3 rings (SSSR count). The summed E-state index contributed by atoms with van der Waals surface area (Å²) in [4.78, 5) is 17.4. The summed E-state index contributed by atoms with van der Waals surface area (Å²) in [5.41, 5.74) is 1.89. The molecule has 0 saturated heterocycles. The van der Waals surface area contributed by atoms with Gasteiger partial charge in [0.1, 0.15) is 5.75 Å². The number of nitrogens with zero attached hydrogens (tertiary/aromatic N) is 1. The van der Waals surface area contributed by atoms with E-state index in [1.165, 1.54) is 11.3 Å². The Balaban J connectivity index is 1.78. The van der Waals surface area contributed by atoms with Gasteiger partial charge in [-0.15, -0.1) is 11.3 Å². The van der Waals surface area contributed by atoms with Crippen molar-refractivity contribution >= 4 is 28.5 Å². The molecule has 3 nitrogen and oxygen atoms in total. The van der Waals surface area contributed by atoms with Gasteiger partial charge in [0.2, 0.25) is 0 Å². The summed E-state index contributed by atoms with van der Waals surface area (Å²) >= 11 is 3.03. The maximum Gasteiger partial charge on any atom is 0.195 e. The molecule has 100 valence electrons. The first-order valence-electron chi connectivity index (χ1n) is 6.02. The lowest BCUT2D eigenvalue weighted by Gasteiger charge is -1.99. The first kappa shape index (κ1) is 13.0. The molecule has 0 aliphatic rings. The number of thiophene rings is 1. The number of hydrogen-bond acceptors (Lipinski definition) is 5. The Labute approximate surface area is 124 Å². The molecule has 1 aromatic carbocycles. The van der Waals surface area contributed by atoms with Crippen LogP contribution in [0.1, 0.15) is 15.4 Å². The number of phenolic OH excluding ortho intramolecular Hbond substituents is 1. The highest BCUT2D eigenvalue weighted by Crippen LogP contribution is 2.28. The SMILES string of the molecule is O=C(Cc1cccc(O)c1)c1ncc(-c2ccsc2)s1. The van der Waals surface area contributed by atoms with Crippen LogP contribution < -0.4 is 0 Å². The van der Waals surface area contributed by atoms with Gasteiger partial charge in [0.15, 0.2) is 10.8 Å². The number of thiazole rings is 1. The number of hydrogen-bond donors (Lipinski definition) is 1. The fraction of sp³-hybridized carbons (Fsp3) is 0.0667.